The van der Waals surface area contributed by atoms with E-state index in [9.17, 15) is 9.59 Å². The van der Waals surface area contributed by atoms with Gasteiger partial charge in [0.1, 0.15) is 0 Å². The van der Waals surface area contributed by atoms with Gasteiger partial charge in [-0.15, -0.1) is 0 Å². The third kappa shape index (κ3) is 1.45. The van der Waals surface area contributed by atoms with Crippen LogP contribution >= 0.6 is 0 Å². The first-order valence-electron chi connectivity index (χ1n) is 2.87. The maximum Gasteiger partial charge on any atom is 0.266 e. The maximum absolute atomic E-state index is 10.6. The Hall–Kier alpha value is -1.18. The molecule has 0 aliphatic carbocycles. The van der Waals surface area contributed by atoms with Crippen molar-refractivity contribution in [3.63, 3.8) is 0 Å². The molecule has 0 bridgehead atoms. The zero-order chi connectivity index (χ0) is 8.43. The highest BCUT2D eigenvalue weighted by molar-refractivity contribution is 5.94. The predicted molar refractivity (Wildman–Crippen MR) is 33.3 cm³/mol. The number of amides is 2. The SMILES string of the molecule is NNC(=O)C1OC1C(=O)NN. The molecule has 2 unspecified atom stereocenters. The van der Waals surface area contributed by atoms with Crippen LogP contribution in [0.4, 0.5) is 0 Å². The van der Waals surface area contributed by atoms with Gasteiger partial charge in [0.05, 0.1) is 0 Å². The molecule has 7 nitrogen and oxygen atoms in total. The van der Waals surface area contributed by atoms with E-state index in [2.05, 4.69) is 4.74 Å². The largest absolute Gasteiger partial charge is 0.349 e. The molecule has 7 heteroatoms. The molecule has 1 saturated heterocycles. The molecule has 1 aliphatic heterocycles. The maximum atomic E-state index is 10.6. The van der Waals surface area contributed by atoms with E-state index in [0.29, 0.717) is 0 Å². The number of hydrogen-bond acceptors (Lipinski definition) is 5. The van der Waals surface area contributed by atoms with Gasteiger partial charge in [0, 0.05) is 0 Å². The normalized spacial score (nSPS) is 27.5. The quantitative estimate of drug-likeness (QED) is 0.146. The van der Waals surface area contributed by atoms with Crippen molar-refractivity contribution in [3.8, 4) is 0 Å². The zero-order valence-electron chi connectivity index (χ0n) is 5.53. The lowest BCUT2D eigenvalue weighted by Crippen LogP contribution is -2.39. The summed E-state index contributed by atoms with van der Waals surface area (Å²) < 4.78 is 4.64. The van der Waals surface area contributed by atoms with Crippen LogP contribution in [0.15, 0.2) is 0 Å². The van der Waals surface area contributed by atoms with E-state index in [4.69, 9.17) is 11.7 Å². The monoisotopic (exact) mass is 160 g/mol. The molecule has 1 rings (SSSR count). The Morgan fingerprint density at radius 3 is 1.73 bits per heavy atom. The molecule has 1 fully saturated rings. The average molecular weight is 160 g/mol. The molecule has 0 saturated carbocycles. The number of nitrogens with two attached hydrogens (primary N) is 2. The number of carbonyl (C=O) groups is 2. The van der Waals surface area contributed by atoms with Crippen molar-refractivity contribution in [2.24, 2.45) is 11.7 Å². The van der Waals surface area contributed by atoms with Gasteiger partial charge >= 0.3 is 0 Å². The zero-order valence-corrected chi connectivity index (χ0v) is 5.53. The van der Waals surface area contributed by atoms with Gasteiger partial charge in [-0.05, 0) is 0 Å². The summed E-state index contributed by atoms with van der Waals surface area (Å²) in [6.45, 7) is 0. The van der Waals surface area contributed by atoms with E-state index in [1.165, 1.54) is 0 Å². The molecular weight excluding hydrogens is 152 g/mol. The second-order valence-electron chi connectivity index (χ2n) is 1.99. The van der Waals surface area contributed by atoms with E-state index in [1.807, 2.05) is 10.9 Å². The lowest BCUT2D eigenvalue weighted by molar-refractivity contribution is -0.124. The minimum absolute atomic E-state index is 0.529. The lowest BCUT2D eigenvalue weighted by atomic mass is 10.3. The van der Waals surface area contributed by atoms with Gasteiger partial charge in [-0.3, -0.25) is 20.4 Å². The van der Waals surface area contributed by atoms with E-state index >= 15 is 0 Å². The van der Waals surface area contributed by atoms with Crippen molar-refractivity contribution >= 4 is 11.8 Å². The lowest BCUT2D eigenvalue weighted by Gasteiger charge is -1.92. The van der Waals surface area contributed by atoms with Gasteiger partial charge in [-0.1, -0.05) is 0 Å². The fourth-order valence-corrected chi connectivity index (χ4v) is 0.675. The highest BCUT2D eigenvalue weighted by Crippen LogP contribution is 2.21. The molecule has 62 valence electrons. The molecule has 0 spiro atoms. The van der Waals surface area contributed by atoms with E-state index in [1.54, 1.807) is 0 Å². The number of rotatable bonds is 2. The van der Waals surface area contributed by atoms with Gasteiger partial charge < -0.3 is 4.74 Å². The Labute approximate surface area is 62.0 Å². The molecule has 0 aromatic heterocycles. The van der Waals surface area contributed by atoms with E-state index in [0.717, 1.165) is 0 Å². The number of epoxide rings is 1. The Balaban J connectivity index is 2.37. The van der Waals surface area contributed by atoms with E-state index in [-0.39, 0.29) is 0 Å². The second kappa shape index (κ2) is 2.82. The fraction of sp³-hybridized carbons (Fsp3) is 0.500. The van der Waals surface area contributed by atoms with Crippen LogP contribution in [0.2, 0.25) is 0 Å². The van der Waals surface area contributed by atoms with Crippen LogP contribution < -0.4 is 22.5 Å². The van der Waals surface area contributed by atoms with Crippen LogP contribution in [0.1, 0.15) is 0 Å². The summed E-state index contributed by atoms with van der Waals surface area (Å²) in [5.74, 6) is 8.49. The smallest absolute Gasteiger partial charge is 0.266 e. The first kappa shape index (κ1) is 7.92. The third-order valence-corrected chi connectivity index (χ3v) is 1.29. The Morgan fingerprint density at radius 2 is 1.45 bits per heavy atom. The van der Waals surface area contributed by atoms with Crippen molar-refractivity contribution in [1.82, 2.24) is 10.9 Å². The Bertz CT molecular complexity index is 174. The molecule has 2 atom stereocenters. The number of carbonyl (C=O) groups excluding carboxylic acids is 2. The fourth-order valence-electron chi connectivity index (χ4n) is 0.675. The molecule has 0 radical (unpaired) electrons. The summed E-state index contributed by atoms with van der Waals surface area (Å²) in [5, 5.41) is 0. The number of hydrogen-bond donors (Lipinski definition) is 4. The standard InChI is InChI=1S/C4H8N4O3/c5-7-3(9)1-2(11-1)4(10)8-6/h1-2H,5-6H2,(H,7,9)(H,8,10). The minimum Gasteiger partial charge on any atom is -0.349 e. The molecule has 1 aliphatic rings. The topological polar surface area (TPSA) is 123 Å². The number of nitrogens with one attached hydrogen (secondary N) is 2. The summed E-state index contributed by atoms with van der Waals surface area (Å²) >= 11 is 0. The summed E-state index contributed by atoms with van der Waals surface area (Å²) in [4.78, 5) is 21.2. The van der Waals surface area contributed by atoms with Gasteiger partial charge in [0.25, 0.3) is 11.8 Å². The first-order valence-corrected chi connectivity index (χ1v) is 2.87. The molecular formula is C4H8N4O3. The van der Waals surface area contributed by atoms with Crippen molar-refractivity contribution in [3.05, 3.63) is 0 Å². The van der Waals surface area contributed by atoms with Crippen molar-refractivity contribution in [2.75, 3.05) is 0 Å². The Morgan fingerprint density at radius 1 is 1.09 bits per heavy atom. The first-order chi connectivity index (χ1) is 5.20. The van der Waals surface area contributed by atoms with Crippen LogP contribution in [-0.4, -0.2) is 24.0 Å². The van der Waals surface area contributed by atoms with Crippen LogP contribution in [0.25, 0.3) is 0 Å². The van der Waals surface area contributed by atoms with Gasteiger partial charge in [-0.25, -0.2) is 11.7 Å². The Kier molecular flexibility index (Phi) is 2.03. The average Bonchev–Trinajstić information content (AvgIpc) is 2.80. The van der Waals surface area contributed by atoms with E-state index < -0.39 is 24.0 Å². The molecule has 6 N–H and O–H groups in total. The highest BCUT2D eigenvalue weighted by atomic mass is 16.6. The van der Waals surface area contributed by atoms with Crippen LogP contribution in [0.5, 0.6) is 0 Å². The van der Waals surface area contributed by atoms with Gasteiger partial charge in [0.15, 0.2) is 12.2 Å². The predicted octanol–water partition coefficient (Wildman–Crippen LogP) is -3.27. The van der Waals surface area contributed by atoms with Crippen molar-refractivity contribution in [2.45, 2.75) is 12.2 Å². The summed E-state index contributed by atoms with van der Waals surface area (Å²) in [7, 11) is 0. The minimum atomic E-state index is -0.788. The summed E-state index contributed by atoms with van der Waals surface area (Å²) in [6, 6.07) is 0. The highest BCUT2D eigenvalue weighted by Gasteiger charge is 2.49. The van der Waals surface area contributed by atoms with Crippen molar-refractivity contribution < 1.29 is 14.3 Å². The number of hydrazine groups is 2. The molecule has 1 heterocycles. The molecule has 11 heavy (non-hydrogen) atoms. The second-order valence-corrected chi connectivity index (χ2v) is 1.99. The number of ether oxygens (including phenoxy) is 1. The molecule has 0 aromatic rings. The molecule has 2 amide bonds. The van der Waals surface area contributed by atoms with Crippen LogP contribution in [0.3, 0.4) is 0 Å². The third-order valence-electron chi connectivity index (χ3n) is 1.29. The van der Waals surface area contributed by atoms with Crippen LogP contribution in [-0.2, 0) is 14.3 Å². The summed E-state index contributed by atoms with van der Waals surface area (Å²) in [6.07, 6.45) is -1.58. The molecule has 0 aromatic carbocycles. The van der Waals surface area contributed by atoms with Crippen LogP contribution in [0, 0.1) is 0 Å². The van der Waals surface area contributed by atoms with Gasteiger partial charge in [0.2, 0.25) is 0 Å². The van der Waals surface area contributed by atoms with Crippen molar-refractivity contribution in [1.29, 1.82) is 0 Å². The van der Waals surface area contributed by atoms with Gasteiger partial charge in [-0.2, -0.15) is 0 Å². The summed E-state index contributed by atoms with van der Waals surface area (Å²) in [5.41, 5.74) is 3.70.